The summed E-state index contributed by atoms with van der Waals surface area (Å²) in [6.45, 7) is 5.07. The van der Waals surface area contributed by atoms with Crippen LogP contribution in [0.3, 0.4) is 0 Å². The second-order valence-corrected chi connectivity index (χ2v) is 3.87. The molecule has 0 bridgehead atoms. The molecule has 0 atom stereocenters. The average Bonchev–Trinajstić information content (AvgIpc) is 2.64. The van der Waals surface area contributed by atoms with Gasteiger partial charge in [0, 0.05) is 18.6 Å². The molecule has 11 heavy (non-hydrogen) atoms. The van der Waals surface area contributed by atoms with E-state index >= 15 is 0 Å². The molecule has 2 heteroatoms. The lowest BCUT2D eigenvalue weighted by Gasteiger charge is -2.19. The van der Waals surface area contributed by atoms with Crippen molar-refractivity contribution in [1.29, 1.82) is 0 Å². The largest absolute Gasteiger partial charge is 0.381 e. The van der Waals surface area contributed by atoms with Crippen LogP contribution < -0.4 is 0 Å². The third kappa shape index (κ3) is 2.80. The van der Waals surface area contributed by atoms with Crippen LogP contribution in [-0.2, 0) is 4.74 Å². The van der Waals surface area contributed by atoms with Crippen LogP contribution in [0.4, 0.5) is 0 Å². The second kappa shape index (κ2) is 3.55. The van der Waals surface area contributed by atoms with E-state index in [4.69, 9.17) is 4.74 Å². The van der Waals surface area contributed by atoms with Gasteiger partial charge in [0.05, 0.1) is 6.61 Å². The highest BCUT2D eigenvalue weighted by molar-refractivity contribution is 4.94. The molecular weight excluding hydrogens is 138 g/mol. The first-order chi connectivity index (χ1) is 5.18. The van der Waals surface area contributed by atoms with E-state index in [1.165, 1.54) is 19.4 Å². The van der Waals surface area contributed by atoms with Crippen LogP contribution in [0.15, 0.2) is 0 Å². The topological polar surface area (TPSA) is 12.5 Å². The lowest BCUT2D eigenvalue weighted by atomic mass is 10.1. The normalized spacial score (nSPS) is 20.7. The predicted octanol–water partition coefficient (Wildman–Crippen LogP) is 1.36. The first kappa shape index (κ1) is 9.01. The third-order valence-electron chi connectivity index (χ3n) is 2.22. The van der Waals surface area contributed by atoms with E-state index in [0.717, 1.165) is 13.2 Å². The molecule has 0 aromatic heterocycles. The van der Waals surface area contributed by atoms with Gasteiger partial charge in [0.15, 0.2) is 0 Å². The van der Waals surface area contributed by atoms with E-state index in [1.54, 1.807) is 0 Å². The summed E-state index contributed by atoms with van der Waals surface area (Å²) in [7, 11) is 4.26. The molecule has 1 aliphatic rings. The molecule has 1 saturated carbocycles. The minimum atomic E-state index is 0.527. The van der Waals surface area contributed by atoms with Crippen LogP contribution in [0, 0.1) is 5.41 Å². The van der Waals surface area contributed by atoms with E-state index in [-0.39, 0.29) is 0 Å². The zero-order valence-electron chi connectivity index (χ0n) is 7.89. The summed E-state index contributed by atoms with van der Waals surface area (Å²) in [5, 5.41) is 0. The summed E-state index contributed by atoms with van der Waals surface area (Å²) in [6, 6.07) is 0. The average molecular weight is 157 g/mol. The van der Waals surface area contributed by atoms with Crippen LogP contribution in [0.1, 0.15) is 19.8 Å². The molecule has 2 nitrogen and oxygen atoms in total. The smallest absolute Gasteiger partial charge is 0.0534 e. The maximum Gasteiger partial charge on any atom is 0.0534 e. The SMILES string of the molecule is CCOCC1(CN(C)C)CC1. The number of hydrogen-bond donors (Lipinski definition) is 0. The van der Waals surface area contributed by atoms with Crippen molar-refractivity contribution >= 4 is 0 Å². The highest BCUT2D eigenvalue weighted by Gasteiger charge is 2.42. The molecule has 0 aromatic rings. The molecule has 1 rings (SSSR count). The monoisotopic (exact) mass is 157 g/mol. The molecule has 66 valence electrons. The molecule has 0 radical (unpaired) electrons. The molecule has 0 saturated heterocycles. The first-order valence-electron chi connectivity index (χ1n) is 4.41. The minimum Gasteiger partial charge on any atom is -0.381 e. The van der Waals surface area contributed by atoms with Gasteiger partial charge in [-0.15, -0.1) is 0 Å². The zero-order chi connectivity index (χ0) is 8.32. The van der Waals surface area contributed by atoms with Gasteiger partial charge in [-0.25, -0.2) is 0 Å². The first-order valence-corrected chi connectivity index (χ1v) is 4.41. The molecule has 0 N–H and O–H groups in total. The van der Waals surface area contributed by atoms with Gasteiger partial charge in [0.1, 0.15) is 0 Å². The summed E-state index contributed by atoms with van der Waals surface area (Å²) in [5.74, 6) is 0. The van der Waals surface area contributed by atoms with Gasteiger partial charge >= 0.3 is 0 Å². The minimum absolute atomic E-state index is 0.527. The van der Waals surface area contributed by atoms with Gasteiger partial charge in [-0.1, -0.05) is 0 Å². The Morgan fingerprint density at radius 2 is 2.00 bits per heavy atom. The van der Waals surface area contributed by atoms with Gasteiger partial charge in [0.25, 0.3) is 0 Å². The Bertz CT molecular complexity index is 119. The van der Waals surface area contributed by atoms with Crippen LogP contribution in [0.2, 0.25) is 0 Å². The van der Waals surface area contributed by atoms with Crippen LogP contribution in [0.25, 0.3) is 0 Å². The summed E-state index contributed by atoms with van der Waals surface area (Å²) < 4.78 is 5.44. The quantitative estimate of drug-likeness (QED) is 0.597. The summed E-state index contributed by atoms with van der Waals surface area (Å²) in [5.41, 5.74) is 0.527. The van der Waals surface area contributed by atoms with E-state index in [0.29, 0.717) is 5.41 Å². The Labute approximate surface area is 69.5 Å². The van der Waals surface area contributed by atoms with Crippen LogP contribution in [-0.4, -0.2) is 38.8 Å². The van der Waals surface area contributed by atoms with Crippen molar-refractivity contribution in [3.63, 3.8) is 0 Å². The highest BCUT2D eigenvalue weighted by atomic mass is 16.5. The van der Waals surface area contributed by atoms with Gasteiger partial charge in [-0.05, 0) is 33.9 Å². The standard InChI is InChI=1S/C9H19NO/c1-4-11-8-9(5-6-9)7-10(2)3/h4-8H2,1-3H3. The number of hydrogen-bond acceptors (Lipinski definition) is 2. The molecule has 0 amide bonds. The Balaban J connectivity index is 2.18. The molecule has 0 aliphatic heterocycles. The Kier molecular flexibility index (Phi) is 2.90. The summed E-state index contributed by atoms with van der Waals surface area (Å²) >= 11 is 0. The van der Waals surface area contributed by atoms with E-state index in [2.05, 4.69) is 25.9 Å². The Morgan fingerprint density at radius 3 is 2.36 bits per heavy atom. The number of rotatable bonds is 5. The molecular formula is C9H19NO. The molecule has 1 aliphatic carbocycles. The van der Waals surface area contributed by atoms with Gasteiger partial charge in [0.2, 0.25) is 0 Å². The maximum absolute atomic E-state index is 5.44. The fourth-order valence-corrected chi connectivity index (χ4v) is 1.51. The number of nitrogens with zero attached hydrogens (tertiary/aromatic N) is 1. The molecule has 1 fully saturated rings. The van der Waals surface area contributed by atoms with Crippen molar-refractivity contribution in [2.24, 2.45) is 5.41 Å². The van der Waals surface area contributed by atoms with Crippen LogP contribution in [0.5, 0.6) is 0 Å². The molecule has 0 aromatic carbocycles. The lowest BCUT2D eigenvalue weighted by Crippen LogP contribution is -2.26. The van der Waals surface area contributed by atoms with Gasteiger partial charge in [-0.3, -0.25) is 0 Å². The third-order valence-corrected chi connectivity index (χ3v) is 2.22. The molecule has 0 spiro atoms. The Hall–Kier alpha value is -0.0800. The van der Waals surface area contributed by atoms with Crippen LogP contribution >= 0.6 is 0 Å². The fraction of sp³-hybridized carbons (Fsp3) is 1.00. The van der Waals surface area contributed by atoms with Gasteiger partial charge < -0.3 is 9.64 Å². The van der Waals surface area contributed by atoms with E-state index < -0.39 is 0 Å². The zero-order valence-corrected chi connectivity index (χ0v) is 7.89. The van der Waals surface area contributed by atoms with E-state index in [1.807, 2.05) is 0 Å². The van der Waals surface area contributed by atoms with Crippen molar-refractivity contribution in [3.8, 4) is 0 Å². The predicted molar refractivity (Wildman–Crippen MR) is 46.7 cm³/mol. The lowest BCUT2D eigenvalue weighted by molar-refractivity contribution is 0.0877. The van der Waals surface area contributed by atoms with Gasteiger partial charge in [-0.2, -0.15) is 0 Å². The van der Waals surface area contributed by atoms with Crippen molar-refractivity contribution in [1.82, 2.24) is 4.90 Å². The summed E-state index contributed by atoms with van der Waals surface area (Å²) in [6.07, 6.45) is 2.70. The fourth-order valence-electron chi connectivity index (χ4n) is 1.51. The summed E-state index contributed by atoms with van der Waals surface area (Å²) in [4.78, 5) is 2.26. The van der Waals surface area contributed by atoms with Crippen molar-refractivity contribution in [2.75, 3.05) is 33.9 Å². The molecule has 0 unspecified atom stereocenters. The second-order valence-electron chi connectivity index (χ2n) is 3.87. The van der Waals surface area contributed by atoms with E-state index in [9.17, 15) is 0 Å². The Morgan fingerprint density at radius 1 is 1.36 bits per heavy atom. The molecule has 0 heterocycles. The maximum atomic E-state index is 5.44. The van der Waals surface area contributed by atoms with Crippen molar-refractivity contribution < 1.29 is 4.74 Å². The van der Waals surface area contributed by atoms with Crippen molar-refractivity contribution in [2.45, 2.75) is 19.8 Å². The van der Waals surface area contributed by atoms with Crippen molar-refractivity contribution in [3.05, 3.63) is 0 Å². The highest BCUT2D eigenvalue weighted by Crippen LogP contribution is 2.46. The number of ether oxygens (including phenoxy) is 1.